The number of aliphatic hydroxyl groups excluding tert-OH is 1. The van der Waals surface area contributed by atoms with Crippen molar-refractivity contribution in [2.45, 2.75) is 32.2 Å². The van der Waals surface area contributed by atoms with E-state index >= 15 is 0 Å². The molecule has 1 aromatic carbocycles. The topological polar surface area (TPSA) is 80.0 Å². The number of nitrogens with one attached hydrogen (secondary N) is 1. The van der Waals surface area contributed by atoms with Gasteiger partial charge in [-0.3, -0.25) is 4.79 Å². The van der Waals surface area contributed by atoms with Gasteiger partial charge in [-0.15, -0.1) is 0 Å². The highest BCUT2D eigenvalue weighted by molar-refractivity contribution is 5.94. The highest BCUT2D eigenvalue weighted by Gasteiger charge is 2.24. The van der Waals surface area contributed by atoms with E-state index < -0.39 is 11.4 Å². The summed E-state index contributed by atoms with van der Waals surface area (Å²) in [6, 6.07) is 4.18. The van der Waals surface area contributed by atoms with Crippen LogP contribution in [0.5, 0.6) is 0 Å². The van der Waals surface area contributed by atoms with Crippen molar-refractivity contribution in [3.05, 3.63) is 42.2 Å². The molecule has 0 radical (unpaired) electrons. The number of halogens is 1. The molecule has 118 valence electrons. The van der Waals surface area contributed by atoms with E-state index in [1.807, 2.05) is 13.8 Å². The first-order valence-corrected chi connectivity index (χ1v) is 7.07. The van der Waals surface area contributed by atoms with E-state index in [1.165, 1.54) is 35.5 Å². The number of nitrogens with zero attached hydrogens (tertiary/aromatic N) is 3. The molecule has 0 bridgehead atoms. The number of carbonyl (C=O) groups is 1. The van der Waals surface area contributed by atoms with Gasteiger partial charge in [0.25, 0.3) is 5.91 Å². The monoisotopic (exact) mass is 306 g/mol. The Kier molecular flexibility index (Phi) is 4.87. The van der Waals surface area contributed by atoms with Crippen LogP contribution < -0.4 is 5.32 Å². The van der Waals surface area contributed by atoms with Gasteiger partial charge in [0, 0.05) is 17.7 Å². The van der Waals surface area contributed by atoms with Gasteiger partial charge in [-0.2, -0.15) is 5.10 Å². The molecule has 0 fully saturated rings. The smallest absolute Gasteiger partial charge is 0.251 e. The van der Waals surface area contributed by atoms with Crippen molar-refractivity contribution >= 4 is 5.91 Å². The molecule has 0 spiro atoms. The van der Waals surface area contributed by atoms with Gasteiger partial charge in [-0.1, -0.05) is 6.92 Å². The first-order chi connectivity index (χ1) is 10.5. The quantitative estimate of drug-likeness (QED) is 0.851. The molecule has 7 heteroatoms. The second kappa shape index (κ2) is 6.65. The predicted molar refractivity (Wildman–Crippen MR) is 79.2 cm³/mol. The third-order valence-corrected chi connectivity index (χ3v) is 3.73. The summed E-state index contributed by atoms with van der Waals surface area (Å²) in [5.74, 6) is -0.930. The van der Waals surface area contributed by atoms with Crippen LogP contribution >= 0.6 is 0 Å². The Labute approximate surface area is 128 Å². The zero-order valence-electron chi connectivity index (χ0n) is 12.6. The van der Waals surface area contributed by atoms with Gasteiger partial charge in [0.05, 0.1) is 0 Å². The molecule has 2 rings (SSSR count). The van der Waals surface area contributed by atoms with Crippen LogP contribution in [0.2, 0.25) is 0 Å². The van der Waals surface area contributed by atoms with E-state index in [0.717, 1.165) is 0 Å². The van der Waals surface area contributed by atoms with E-state index in [4.69, 9.17) is 5.11 Å². The highest BCUT2D eigenvalue weighted by Crippen LogP contribution is 2.17. The fourth-order valence-electron chi connectivity index (χ4n) is 2.09. The van der Waals surface area contributed by atoms with Gasteiger partial charge in [-0.25, -0.2) is 14.1 Å². The number of hydrogen-bond donors (Lipinski definition) is 2. The standard InChI is InChI=1S/C15H19FN4O2/c1-3-15(2,6-7-21)19-14(22)11-4-5-13(12(16)8-11)20-10-17-9-18-20/h4-5,8-10,21H,3,6-7H2,1-2H3,(H,19,22). The number of carbonyl (C=O) groups excluding carboxylic acids is 1. The van der Waals surface area contributed by atoms with E-state index in [-0.39, 0.29) is 23.8 Å². The molecular weight excluding hydrogens is 287 g/mol. The van der Waals surface area contributed by atoms with E-state index in [9.17, 15) is 9.18 Å². The maximum absolute atomic E-state index is 14.1. The summed E-state index contributed by atoms with van der Waals surface area (Å²) in [5.41, 5.74) is -0.0750. The van der Waals surface area contributed by atoms with Crippen LogP contribution in [0.25, 0.3) is 5.69 Å². The van der Waals surface area contributed by atoms with E-state index in [0.29, 0.717) is 12.8 Å². The molecule has 0 aliphatic rings. The van der Waals surface area contributed by atoms with Crippen LogP contribution in [0.1, 0.15) is 37.0 Å². The number of amides is 1. The van der Waals surface area contributed by atoms with Crippen molar-refractivity contribution < 1.29 is 14.3 Å². The lowest BCUT2D eigenvalue weighted by atomic mass is 9.94. The minimum Gasteiger partial charge on any atom is -0.396 e. The second-order valence-corrected chi connectivity index (χ2v) is 5.35. The molecule has 1 amide bonds. The van der Waals surface area contributed by atoms with E-state index in [2.05, 4.69) is 15.4 Å². The number of hydrogen-bond acceptors (Lipinski definition) is 4. The lowest BCUT2D eigenvalue weighted by Crippen LogP contribution is -2.46. The lowest BCUT2D eigenvalue weighted by Gasteiger charge is -2.29. The Balaban J connectivity index is 2.19. The predicted octanol–water partition coefficient (Wildman–Crippen LogP) is 1.69. The average Bonchev–Trinajstić information content (AvgIpc) is 3.01. The van der Waals surface area contributed by atoms with Crippen LogP contribution in [0.4, 0.5) is 4.39 Å². The molecule has 0 aliphatic carbocycles. The van der Waals surface area contributed by atoms with Gasteiger partial charge in [0.1, 0.15) is 24.2 Å². The summed E-state index contributed by atoms with van der Waals surface area (Å²) in [6.07, 6.45) is 3.79. The van der Waals surface area contributed by atoms with Crippen molar-refractivity contribution in [3.8, 4) is 5.69 Å². The number of rotatable bonds is 6. The molecule has 22 heavy (non-hydrogen) atoms. The fourth-order valence-corrected chi connectivity index (χ4v) is 2.09. The van der Waals surface area contributed by atoms with Crippen molar-refractivity contribution in [3.63, 3.8) is 0 Å². The molecule has 1 atom stereocenters. The summed E-state index contributed by atoms with van der Waals surface area (Å²) in [7, 11) is 0. The zero-order chi connectivity index (χ0) is 16.2. The average molecular weight is 306 g/mol. The molecule has 1 heterocycles. The van der Waals surface area contributed by atoms with Gasteiger partial charge in [0.2, 0.25) is 0 Å². The first-order valence-electron chi connectivity index (χ1n) is 7.07. The Morgan fingerprint density at radius 3 is 2.82 bits per heavy atom. The Hall–Kier alpha value is -2.28. The van der Waals surface area contributed by atoms with Crippen LogP contribution in [-0.4, -0.2) is 37.9 Å². The van der Waals surface area contributed by atoms with Gasteiger partial charge in [0.15, 0.2) is 0 Å². The molecule has 0 aliphatic heterocycles. The molecule has 1 aromatic heterocycles. The van der Waals surface area contributed by atoms with Crippen LogP contribution in [0.15, 0.2) is 30.9 Å². The highest BCUT2D eigenvalue weighted by atomic mass is 19.1. The molecule has 0 saturated heterocycles. The summed E-state index contributed by atoms with van der Waals surface area (Å²) >= 11 is 0. The van der Waals surface area contributed by atoms with Gasteiger partial charge in [-0.05, 0) is 38.0 Å². The molecule has 6 nitrogen and oxygen atoms in total. The molecular formula is C15H19FN4O2. The third-order valence-electron chi connectivity index (χ3n) is 3.73. The maximum atomic E-state index is 14.1. The number of benzene rings is 1. The maximum Gasteiger partial charge on any atom is 0.251 e. The van der Waals surface area contributed by atoms with Crippen molar-refractivity contribution in [2.24, 2.45) is 0 Å². The largest absolute Gasteiger partial charge is 0.396 e. The van der Waals surface area contributed by atoms with Crippen molar-refractivity contribution in [2.75, 3.05) is 6.61 Å². The van der Waals surface area contributed by atoms with Crippen LogP contribution in [-0.2, 0) is 0 Å². The summed E-state index contributed by atoms with van der Waals surface area (Å²) in [4.78, 5) is 16.0. The molecule has 2 aromatic rings. The summed E-state index contributed by atoms with van der Waals surface area (Å²) < 4.78 is 15.4. The zero-order valence-corrected chi connectivity index (χ0v) is 12.6. The summed E-state index contributed by atoms with van der Waals surface area (Å²) in [6.45, 7) is 3.75. The van der Waals surface area contributed by atoms with Crippen LogP contribution in [0.3, 0.4) is 0 Å². The minimum atomic E-state index is -0.557. The third kappa shape index (κ3) is 3.48. The molecule has 2 N–H and O–H groups in total. The summed E-state index contributed by atoms with van der Waals surface area (Å²) in [5, 5.41) is 15.8. The Morgan fingerprint density at radius 2 is 2.27 bits per heavy atom. The molecule has 0 saturated carbocycles. The minimum absolute atomic E-state index is 0.0236. The SMILES string of the molecule is CCC(C)(CCO)NC(=O)c1ccc(-n2cncn2)c(F)c1. The normalized spacial score (nSPS) is 13.6. The van der Waals surface area contributed by atoms with Crippen molar-refractivity contribution in [1.82, 2.24) is 20.1 Å². The molecule has 1 unspecified atom stereocenters. The Morgan fingerprint density at radius 1 is 1.50 bits per heavy atom. The number of aromatic nitrogens is 3. The number of aliphatic hydroxyl groups is 1. The lowest BCUT2D eigenvalue weighted by molar-refractivity contribution is 0.0885. The van der Waals surface area contributed by atoms with E-state index in [1.54, 1.807) is 0 Å². The fraction of sp³-hybridized carbons (Fsp3) is 0.400. The van der Waals surface area contributed by atoms with Gasteiger partial charge < -0.3 is 10.4 Å². The van der Waals surface area contributed by atoms with Crippen molar-refractivity contribution in [1.29, 1.82) is 0 Å². The first kappa shape index (κ1) is 16.1. The Bertz CT molecular complexity index is 645. The second-order valence-electron chi connectivity index (χ2n) is 5.35. The van der Waals surface area contributed by atoms with Gasteiger partial charge >= 0.3 is 0 Å². The van der Waals surface area contributed by atoms with Crippen LogP contribution in [0, 0.1) is 5.82 Å².